The minimum atomic E-state index is -3.76. The molecule has 0 saturated carbocycles. The molecule has 1 heterocycles. The van der Waals surface area contributed by atoms with Crippen LogP contribution in [0.2, 0.25) is 0 Å². The predicted molar refractivity (Wildman–Crippen MR) is 118 cm³/mol. The Balaban J connectivity index is 1.53. The molecule has 1 aromatic heterocycles. The van der Waals surface area contributed by atoms with Crippen LogP contribution in [-0.2, 0) is 26.0 Å². The van der Waals surface area contributed by atoms with E-state index in [0.29, 0.717) is 10.8 Å². The van der Waals surface area contributed by atoms with Crippen molar-refractivity contribution in [2.75, 3.05) is 17.2 Å². The molecule has 3 aromatic rings. The van der Waals surface area contributed by atoms with Crippen molar-refractivity contribution in [3.8, 4) is 0 Å². The van der Waals surface area contributed by atoms with Crippen molar-refractivity contribution in [2.24, 2.45) is 0 Å². The summed E-state index contributed by atoms with van der Waals surface area (Å²) in [4.78, 5) is 27.6. The third-order valence-electron chi connectivity index (χ3n) is 4.24. The molecule has 0 fully saturated rings. The van der Waals surface area contributed by atoms with Crippen molar-refractivity contribution in [1.29, 1.82) is 0 Å². The maximum Gasteiger partial charge on any atom is 0.240 e. The first kappa shape index (κ1) is 21.9. The standard InChI is InChI=1S/C20H22N4O4S2/c1-3-14-4-9-17-18(12-14)29-20(23-17)24-19(26)10-11-21-30(27,28)16-7-5-15(6-8-16)22-13(2)25/h4-9,12,21H,3,10-11H2,1-2H3,(H,22,25)(H,23,24,26). The number of aryl methyl sites for hydroxylation is 1. The first-order chi connectivity index (χ1) is 14.3. The van der Waals surface area contributed by atoms with E-state index in [2.05, 4.69) is 27.3 Å². The Morgan fingerprint density at radius 1 is 1.07 bits per heavy atom. The van der Waals surface area contributed by atoms with Gasteiger partial charge in [-0.2, -0.15) is 0 Å². The van der Waals surface area contributed by atoms with E-state index in [1.54, 1.807) is 0 Å². The zero-order valence-corrected chi connectivity index (χ0v) is 18.2. The SMILES string of the molecule is CCc1ccc2nc(NC(=O)CCNS(=O)(=O)c3ccc(NC(C)=O)cc3)sc2c1. The summed E-state index contributed by atoms with van der Waals surface area (Å²) in [5, 5.41) is 5.77. The topological polar surface area (TPSA) is 117 Å². The molecule has 0 spiro atoms. The van der Waals surface area contributed by atoms with Crippen LogP contribution in [0.4, 0.5) is 10.8 Å². The van der Waals surface area contributed by atoms with Crippen LogP contribution < -0.4 is 15.4 Å². The molecule has 30 heavy (non-hydrogen) atoms. The van der Waals surface area contributed by atoms with Crippen molar-refractivity contribution in [3.05, 3.63) is 48.0 Å². The van der Waals surface area contributed by atoms with Gasteiger partial charge >= 0.3 is 0 Å². The average Bonchev–Trinajstić information content (AvgIpc) is 3.08. The lowest BCUT2D eigenvalue weighted by atomic mass is 10.2. The van der Waals surface area contributed by atoms with Crippen LogP contribution in [-0.4, -0.2) is 31.8 Å². The molecule has 2 aromatic carbocycles. The van der Waals surface area contributed by atoms with Gasteiger partial charge in [-0.1, -0.05) is 24.3 Å². The fourth-order valence-corrected chi connectivity index (χ4v) is 4.70. The maximum atomic E-state index is 12.3. The number of anilines is 2. The highest BCUT2D eigenvalue weighted by atomic mass is 32.2. The van der Waals surface area contributed by atoms with Crippen molar-refractivity contribution in [2.45, 2.75) is 31.6 Å². The van der Waals surface area contributed by atoms with Gasteiger partial charge in [-0.15, -0.1) is 0 Å². The number of benzene rings is 2. The predicted octanol–water partition coefficient (Wildman–Crippen LogP) is 3.12. The highest BCUT2D eigenvalue weighted by molar-refractivity contribution is 7.89. The molecule has 2 amide bonds. The molecule has 10 heteroatoms. The Labute approximate surface area is 178 Å². The van der Waals surface area contributed by atoms with Crippen LogP contribution in [0.15, 0.2) is 47.4 Å². The van der Waals surface area contributed by atoms with E-state index >= 15 is 0 Å². The zero-order valence-electron chi connectivity index (χ0n) is 16.6. The number of fused-ring (bicyclic) bond motifs is 1. The molecule has 0 radical (unpaired) electrons. The first-order valence-corrected chi connectivity index (χ1v) is 11.6. The maximum absolute atomic E-state index is 12.3. The number of nitrogens with one attached hydrogen (secondary N) is 3. The largest absolute Gasteiger partial charge is 0.326 e. The highest BCUT2D eigenvalue weighted by Gasteiger charge is 2.15. The number of amides is 2. The summed E-state index contributed by atoms with van der Waals surface area (Å²) in [6.45, 7) is 3.39. The van der Waals surface area contributed by atoms with Gasteiger partial charge in [0.05, 0.1) is 15.1 Å². The molecule has 0 aliphatic heterocycles. The number of nitrogens with zero attached hydrogens (tertiary/aromatic N) is 1. The minimum absolute atomic E-state index is 0.0284. The van der Waals surface area contributed by atoms with E-state index in [-0.39, 0.29) is 29.7 Å². The Kier molecular flexibility index (Phi) is 6.80. The molecule has 3 N–H and O–H groups in total. The van der Waals surface area contributed by atoms with E-state index in [1.165, 1.54) is 48.1 Å². The molecular formula is C20H22N4O4S2. The quantitative estimate of drug-likeness (QED) is 0.491. The third-order valence-corrected chi connectivity index (χ3v) is 6.65. The number of hydrogen-bond acceptors (Lipinski definition) is 6. The van der Waals surface area contributed by atoms with Crippen LogP contribution in [0, 0.1) is 0 Å². The highest BCUT2D eigenvalue weighted by Crippen LogP contribution is 2.27. The normalized spacial score (nSPS) is 11.4. The second-order valence-corrected chi connectivity index (χ2v) is 9.37. The molecule has 0 aliphatic rings. The van der Waals surface area contributed by atoms with E-state index in [4.69, 9.17) is 0 Å². The number of thiazole rings is 1. The number of sulfonamides is 1. The molecule has 0 unspecified atom stereocenters. The Morgan fingerprint density at radius 2 is 1.80 bits per heavy atom. The van der Waals surface area contributed by atoms with Crippen LogP contribution in [0.25, 0.3) is 10.2 Å². The van der Waals surface area contributed by atoms with Gasteiger partial charge in [-0.3, -0.25) is 9.59 Å². The number of rotatable bonds is 8. The smallest absolute Gasteiger partial charge is 0.240 e. The summed E-state index contributed by atoms with van der Waals surface area (Å²) in [5.41, 5.74) is 2.52. The Morgan fingerprint density at radius 3 is 2.47 bits per heavy atom. The van der Waals surface area contributed by atoms with Crippen LogP contribution >= 0.6 is 11.3 Å². The molecule has 0 bridgehead atoms. The summed E-state index contributed by atoms with van der Waals surface area (Å²) in [6.07, 6.45) is 0.894. The number of aromatic nitrogens is 1. The van der Waals surface area contributed by atoms with E-state index < -0.39 is 10.0 Å². The van der Waals surface area contributed by atoms with E-state index in [1.807, 2.05) is 18.2 Å². The van der Waals surface area contributed by atoms with Crippen molar-refractivity contribution in [3.63, 3.8) is 0 Å². The molecule has 0 atom stereocenters. The molecule has 158 valence electrons. The summed E-state index contributed by atoms with van der Waals surface area (Å²) >= 11 is 1.38. The summed E-state index contributed by atoms with van der Waals surface area (Å²) in [7, 11) is -3.76. The summed E-state index contributed by atoms with van der Waals surface area (Å²) < 4.78 is 28.1. The van der Waals surface area contributed by atoms with Crippen LogP contribution in [0.1, 0.15) is 25.8 Å². The van der Waals surface area contributed by atoms with Gasteiger partial charge in [0, 0.05) is 25.6 Å². The lowest BCUT2D eigenvalue weighted by Gasteiger charge is -2.08. The second-order valence-electron chi connectivity index (χ2n) is 6.58. The lowest BCUT2D eigenvalue weighted by Crippen LogP contribution is -2.27. The van der Waals surface area contributed by atoms with Crippen molar-refractivity contribution < 1.29 is 18.0 Å². The zero-order chi connectivity index (χ0) is 21.7. The lowest BCUT2D eigenvalue weighted by molar-refractivity contribution is -0.116. The Hall–Kier alpha value is -2.82. The number of carbonyl (C=O) groups excluding carboxylic acids is 2. The van der Waals surface area contributed by atoms with Crippen LogP contribution in [0.5, 0.6) is 0 Å². The summed E-state index contributed by atoms with van der Waals surface area (Å²) in [5.74, 6) is -0.567. The molecule has 3 rings (SSSR count). The Bertz CT molecular complexity index is 1170. The van der Waals surface area contributed by atoms with Gasteiger partial charge < -0.3 is 10.6 Å². The van der Waals surface area contributed by atoms with Gasteiger partial charge in [-0.25, -0.2) is 18.1 Å². The average molecular weight is 447 g/mol. The van der Waals surface area contributed by atoms with Gasteiger partial charge in [0.25, 0.3) is 0 Å². The second kappa shape index (κ2) is 9.33. The third kappa shape index (κ3) is 5.62. The van der Waals surface area contributed by atoms with Gasteiger partial charge in [0.15, 0.2) is 5.13 Å². The number of carbonyl (C=O) groups is 2. The van der Waals surface area contributed by atoms with E-state index in [0.717, 1.165) is 16.6 Å². The monoisotopic (exact) mass is 446 g/mol. The van der Waals surface area contributed by atoms with Gasteiger partial charge in [0.2, 0.25) is 21.8 Å². The van der Waals surface area contributed by atoms with Gasteiger partial charge in [-0.05, 0) is 48.4 Å². The van der Waals surface area contributed by atoms with Crippen molar-refractivity contribution in [1.82, 2.24) is 9.71 Å². The fraction of sp³-hybridized carbons (Fsp3) is 0.250. The fourth-order valence-electron chi connectivity index (χ4n) is 2.73. The first-order valence-electron chi connectivity index (χ1n) is 9.33. The molecule has 8 nitrogen and oxygen atoms in total. The van der Waals surface area contributed by atoms with Crippen LogP contribution in [0.3, 0.4) is 0 Å². The summed E-state index contributed by atoms with van der Waals surface area (Å²) in [6, 6.07) is 11.8. The molecular weight excluding hydrogens is 424 g/mol. The number of hydrogen-bond donors (Lipinski definition) is 3. The van der Waals surface area contributed by atoms with E-state index in [9.17, 15) is 18.0 Å². The minimum Gasteiger partial charge on any atom is -0.326 e. The molecule has 0 aliphatic carbocycles. The van der Waals surface area contributed by atoms with Crippen molar-refractivity contribution >= 4 is 54.2 Å². The molecule has 0 saturated heterocycles. The van der Waals surface area contributed by atoms with Gasteiger partial charge in [0.1, 0.15) is 0 Å².